The van der Waals surface area contributed by atoms with Crippen molar-refractivity contribution < 1.29 is 9.53 Å². The van der Waals surface area contributed by atoms with Gasteiger partial charge in [-0.1, -0.05) is 0 Å². The van der Waals surface area contributed by atoms with Crippen molar-refractivity contribution in [1.82, 2.24) is 4.90 Å². The Labute approximate surface area is 111 Å². The van der Waals surface area contributed by atoms with Crippen LogP contribution in [0, 0.1) is 0 Å². The van der Waals surface area contributed by atoms with Crippen LogP contribution in [0.25, 0.3) is 0 Å². The summed E-state index contributed by atoms with van der Waals surface area (Å²) in [7, 11) is 0. The summed E-state index contributed by atoms with van der Waals surface area (Å²) in [6.07, 6.45) is 3.98. The van der Waals surface area contributed by atoms with Crippen molar-refractivity contribution in [1.29, 1.82) is 0 Å². The molecule has 1 aliphatic rings. The molecule has 1 amide bonds. The molecule has 1 aliphatic carbocycles. The van der Waals surface area contributed by atoms with Crippen molar-refractivity contribution in [2.45, 2.75) is 77.5 Å². The molecular weight excluding hydrogens is 228 g/mol. The van der Waals surface area contributed by atoms with Crippen molar-refractivity contribution in [3.05, 3.63) is 0 Å². The molecule has 4 heteroatoms. The third-order valence-corrected chi connectivity index (χ3v) is 3.22. The summed E-state index contributed by atoms with van der Waals surface area (Å²) in [6.45, 7) is 10.4. The third-order valence-electron chi connectivity index (χ3n) is 3.22. The molecule has 2 N–H and O–H groups in total. The van der Waals surface area contributed by atoms with Crippen LogP contribution < -0.4 is 5.73 Å². The topological polar surface area (TPSA) is 55.6 Å². The molecule has 0 atom stereocenters. The van der Waals surface area contributed by atoms with E-state index >= 15 is 0 Å². The van der Waals surface area contributed by atoms with Crippen LogP contribution in [0.15, 0.2) is 0 Å². The van der Waals surface area contributed by atoms with Gasteiger partial charge >= 0.3 is 6.09 Å². The lowest BCUT2D eigenvalue weighted by atomic mass is 10.1. The van der Waals surface area contributed by atoms with Gasteiger partial charge in [0.15, 0.2) is 0 Å². The van der Waals surface area contributed by atoms with Gasteiger partial charge in [0.05, 0.1) is 0 Å². The number of amides is 1. The molecule has 0 bridgehead atoms. The molecule has 0 spiro atoms. The van der Waals surface area contributed by atoms with Gasteiger partial charge in [0.2, 0.25) is 0 Å². The van der Waals surface area contributed by atoms with Gasteiger partial charge in [-0.2, -0.15) is 0 Å². The molecule has 4 nitrogen and oxygen atoms in total. The minimum absolute atomic E-state index is 0.0661. The van der Waals surface area contributed by atoms with Crippen LogP contribution in [0.4, 0.5) is 4.79 Å². The van der Waals surface area contributed by atoms with E-state index in [9.17, 15) is 4.79 Å². The van der Waals surface area contributed by atoms with E-state index in [2.05, 4.69) is 0 Å². The highest BCUT2D eigenvalue weighted by molar-refractivity contribution is 5.68. The van der Waals surface area contributed by atoms with E-state index in [0.29, 0.717) is 0 Å². The van der Waals surface area contributed by atoms with Gasteiger partial charge in [-0.15, -0.1) is 0 Å². The number of carbonyl (C=O) groups is 1. The van der Waals surface area contributed by atoms with E-state index in [1.54, 1.807) is 4.90 Å². The third kappa shape index (κ3) is 5.25. The molecule has 0 radical (unpaired) electrons. The average Bonchev–Trinajstić information content (AvgIpc) is 2.88. The second-order valence-electron chi connectivity index (χ2n) is 6.73. The Morgan fingerprint density at radius 2 is 1.94 bits per heavy atom. The van der Waals surface area contributed by atoms with Crippen molar-refractivity contribution in [3.63, 3.8) is 0 Å². The SMILES string of the molecule is CC(C)N(CCCC1(N)CC1)C(=O)OC(C)(C)C. The zero-order chi connectivity index (χ0) is 14.0. The van der Waals surface area contributed by atoms with Gasteiger partial charge in [0.25, 0.3) is 0 Å². The summed E-state index contributed by atoms with van der Waals surface area (Å²) in [5.74, 6) is 0. The van der Waals surface area contributed by atoms with Gasteiger partial charge in [-0.05, 0) is 60.3 Å². The highest BCUT2D eigenvalue weighted by atomic mass is 16.6. The average molecular weight is 256 g/mol. The monoisotopic (exact) mass is 256 g/mol. The lowest BCUT2D eigenvalue weighted by Crippen LogP contribution is -2.41. The minimum atomic E-state index is -0.435. The zero-order valence-electron chi connectivity index (χ0n) is 12.5. The van der Waals surface area contributed by atoms with Crippen LogP contribution in [0.1, 0.15) is 60.3 Å². The number of hydrogen-bond acceptors (Lipinski definition) is 3. The number of hydrogen-bond donors (Lipinski definition) is 1. The van der Waals surface area contributed by atoms with Crippen molar-refractivity contribution in [2.24, 2.45) is 5.73 Å². The van der Waals surface area contributed by atoms with Crippen LogP contribution >= 0.6 is 0 Å². The van der Waals surface area contributed by atoms with Gasteiger partial charge in [-0.3, -0.25) is 0 Å². The maximum absolute atomic E-state index is 12.0. The van der Waals surface area contributed by atoms with E-state index in [-0.39, 0.29) is 17.7 Å². The van der Waals surface area contributed by atoms with Gasteiger partial charge in [0.1, 0.15) is 5.60 Å². The number of ether oxygens (including phenoxy) is 1. The summed E-state index contributed by atoms with van der Waals surface area (Å²) < 4.78 is 5.42. The van der Waals surface area contributed by atoms with Crippen molar-refractivity contribution in [3.8, 4) is 0 Å². The molecule has 0 aromatic carbocycles. The highest BCUT2D eigenvalue weighted by Crippen LogP contribution is 2.36. The van der Waals surface area contributed by atoms with Crippen LogP contribution in [0.3, 0.4) is 0 Å². The minimum Gasteiger partial charge on any atom is -0.444 e. The van der Waals surface area contributed by atoms with Gasteiger partial charge < -0.3 is 15.4 Å². The Kier molecular flexibility index (Phi) is 4.65. The fourth-order valence-corrected chi connectivity index (χ4v) is 1.89. The summed E-state index contributed by atoms with van der Waals surface area (Å²) in [6, 6.07) is 0.160. The second-order valence-corrected chi connectivity index (χ2v) is 6.73. The van der Waals surface area contributed by atoms with Crippen LogP contribution in [-0.2, 0) is 4.74 Å². The lowest BCUT2D eigenvalue weighted by molar-refractivity contribution is 0.0186. The Morgan fingerprint density at radius 3 is 2.33 bits per heavy atom. The standard InChI is InChI=1S/C14H28N2O2/c1-11(2)16(12(17)18-13(3,4)5)10-6-7-14(15)8-9-14/h11H,6-10,15H2,1-5H3. The summed E-state index contributed by atoms with van der Waals surface area (Å²) in [4.78, 5) is 13.8. The molecule has 0 unspecified atom stereocenters. The largest absolute Gasteiger partial charge is 0.444 e. The zero-order valence-corrected chi connectivity index (χ0v) is 12.5. The second kappa shape index (κ2) is 5.47. The molecule has 18 heavy (non-hydrogen) atoms. The summed E-state index contributed by atoms with van der Waals surface area (Å²) in [5, 5.41) is 0. The normalized spacial score (nSPS) is 17.7. The van der Waals surface area contributed by atoms with Crippen LogP contribution in [-0.4, -0.2) is 34.7 Å². The first kappa shape index (κ1) is 15.3. The molecule has 1 rings (SSSR count). The Hall–Kier alpha value is -0.770. The van der Waals surface area contributed by atoms with E-state index < -0.39 is 5.60 Å². The number of nitrogens with two attached hydrogens (primary N) is 1. The first-order chi connectivity index (χ1) is 8.13. The lowest BCUT2D eigenvalue weighted by Gasteiger charge is -2.30. The highest BCUT2D eigenvalue weighted by Gasteiger charge is 2.37. The first-order valence-corrected chi connectivity index (χ1v) is 6.91. The molecule has 0 heterocycles. The van der Waals surface area contributed by atoms with E-state index in [0.717, 1.165) is 32.2 Å². The smallest absolute Gasteiger partial charge is 0.410 e. The number of carbonyl (C=O) groups excluding carboxylic acids is 1. The van der Waals surface area contributed by atoms with E-state index in [4.69, 9.17) is 10.5 Å². The quantitative estimate of drug-likeness (QED) is 0.823. The predicted octanol–water partition coefficient (Wildman–Crippen LogP) is 2.90. The molecule has 106 valence electrons. The van der Waals surface area contributed by atoms with Gasteiger partial charge in [0, 0.05) is 18.1 Å². The first-order valence-electron chi connectivity index (χ1n) is 6.91. The maximum atomic E-state index is 12.0. The predicted molar refractivity (Wildman–Crippen MR) is 73.5 cm³/mol. The van der Waals surface area contributed by atoms with E-state index in [1.807, 2.05) is 34.6 Å². The number of nitrogens with zero attached hydrogens (tertiary/aromatic N) is 1. The Morgan fingerprint density at radius 1 is 1.39 bits per heavy atom. The van der Waals surface area contributed by atoms with E-state index in [1.165, 1.54) is 0 Å². The van der Waals surface area contributed by atoms with Crippen LogP contribution in [0.2, 0.25) is 0 Å². The molecule has 1 saturated carbocycles. The fourth-order valence-electron chi connectivity index (χ4n) is 1.89. The molecule has 0 aliphatic heterocycles. The Bertz CT molecular complexity index is 291. The summed E-state index contributed by atoms with van der Waals surface area (Å²) >= 11 is 0. The molecule has 0 aromatic rings. The maximum Gasteiger partial charge on any atom is 0.410 e. The fraction of sp³-hybridized carbons (Fsp3) is 0.929. The molecule has 0 aromatic heterocycles. The van der Waals surface area contributed by atoms with Gasteiger partial charge in [-0.25, -0.2) is 4.79 Å². The summed E-state index contributed by atoms with van der Waals surface area (Å²) in [5.41, 5.74) is 5.68. The number of rotatable bonds is 5. The molecular formula is C14H28N2O2. The Balaban J connectivity index is 2.41. The molecule has 0 saturated heterocycles. The van der Waals surface area contributed by atoms with Crippen LogP contribution in [0.5, 0.6) is 0 Å². The van der Waals surface area contributed by atoms with Crippen molar-refractivity contribution >= 4 is 6.09 Å². The van der Waals surface area contributed by atoms with Crippen molar-refractivity contribution in [2.75, 3.05) is 6.54 Å². The molecule has 1 fully saturated rings.